The normalized spacial score (nSPS) is 16.1. The van der Waals surface area contributed by atoms with Crippen LogP contribution in [0.5, 0.6) is 0 Å². The molecule has 0 aliphatic carbocycles. The maximum absolute atomic E-state index is 13.0. The van der Waals surface area contributed by atoms with E-state index in [0.717, 1.165) is 5.56 Å². The highest BCUT2D eigenvalue weighted by molar-refractivity contribution is 5.93. The van der Waals surface area contributed by atoms with Gasteiger partial charge in [0.1, 0.15) is 5.69 Å². The van der Waals surface area contributed by atoms with Crippen molar-refractivity contribution in [1.82, 2.24) is 24.5 Å². The Morgan fingerprint density at radius 1 is 1.10 bits per heavy atom. The number of nitrogen functional groups attached to an aromatic ring is 1. The highest BCUT2D eigenvalue weighted by Gasteiger charge is 2.36. The number of piperidine rings is 1. The summed E-state index contributed by atoms with van der Waals surface area (Å²) >= 11 is 0. The van der Waals surface area contributed by atoms with E-state index in [9.17, 15) is 9.90 Å². The number of carbonyl (C=O) groups excluding carboxylic acids is 1. The molecule has 1 aromatic carbocycles. The monoisotopic (exact) mass is 404 g/mol. The van der Waals surface area contributed by atoms with E-state index in [4.69, 9.17) is 10.2 Å². The molecule has 30 heavy (non-hydrogen) atoms. The Labute approximate surface area is 171 Å². The molecule has 0 radical (unpaired) electrons. The smallest absolute Gasteiger partial charge is 0.272 e. The van der Waals surface area contributed by atoms with Gasteiger partial charge in [0.2, 0.25) is 11.8 Å². The number of carbonyl (C=O) groups is 1. The van der Waals surface area contributed by atoms with Crippen LogP contribution in [0.2, 0.25) is 0 Å². The number of nitrogens with two attached hydrogens (primary N) is 1. The van der Waals surface area contributed by atoms with Gasteiger partial charge in [-0.25, -0.2) is 9.97 Å². The standard InChI is InChI=1S/C21H20N6O3/c22-20-23-15(13-17-24-18(25-27(17)20)16-7-4-12-30-16)19(28)26-10-8-21(29,9-11-26)14-5-2-1-3-6-14/h1-7,12-13,29H,8-11H2,(H2,22,23). The van der Waals surface area contributed by atoms with Crippen molar-refractivity contribution in [2.24, 2.45) is 0 Å². The predicted octanol–water partition coefficient (Wildman–Crippen LogP) is 2.09. The van der Waals surface area contributed by atoms with Gasteiger partial charge in [0.25, 0.3) is 5.91 Å². The number of nitrogens with zero attached hydrogens (tertiary/aromatic N) is 5. The molecular weight excluding hydrogens is 384 g/mol. The molecule has 0 saturated carbocycles. The quantitative estimate of drug-likeness (QED) is 0.536. The number of benzene rings is 1. The van der Waals surface area contributed by atoms with Crippen molar-refractivity contribution in [1.29, 1.82) is 0 Å². The summed E-state index contributed by atoms with van der Waals surface area (Å²) in [6.07, 6.45) is 2.44. The van der Waals surface area contributed by atoms with Crippen LogP contribution >= 0.6 is 0 Å². The molecular formula is C21H20N6O3. The first-order valence-electron chi connectivity index (χ1n) is 9.68. The summed E-state index contributed by atoms with van der Waals surface area (Å²) in [5, 5.41) is 15.3. The number of hydrogen-bond acceptors (Lipinski definition) is 7. The second-order valence-electron chi connectivity index (χ2n) is 7.37. The number of fused-ring (bicyclic) bond motifs is 1. The van der Waals surface area contributed by atoms with Crippen LogP contribution in [0.3, 0.4) is 0 Å². The number of hydrogen-bond donors (Lipinski definition) is 2. The average Bonchev–Trinajstić information content (AvgIpc) is 3.44. The van der Waals surface area contributed by atoms with Gasteiger partial charge in [0.05, 0.1) is 11.9 Å². The van der Waals surface area contributed by atoms with Gasteiger partial charge in [0.15, 0.2) is 11.4 Å². The van der Waals surface area contributed by atoms with E-state index in [2.05, 4.69) is 15.1 Å². The van der Waals surface area contributed by atoms with E-state index in [1.807, 2.05) is 30.3 Å². The molecule has 152 valence electrons. The molecule has 0 spiro atoms. The Balaban J connectivity index is 1.38. The largest absolute Gasteiger partial charge is 0.461 e. The Bertz CT molecular complexity index is 1190. The molecule has 1 aliphatic rings. The second-order valence-corrected chi connectivity index (χ2v) is 7.37. The molecule has 3 N–H and O–H groups in total. The first kappa shape index (κ1) is 18.3. The molecule has 0 bridgehead atoms. The fourth-order valence-corrected chi connectivity index (χ4v) is 3.81. The highest BCUT2D eigenvalue weighted by atomic mass is 16.3. The van der Waals surface area contributed by atoms with Crippen LogP contribution in [-0.2, 0) is 5.60 Å². The summed E-state index contributed by atoms with van der Waals surface area (Å²) in [4.78, 5) is 23.3. The number of furan rings is 1. The summed E-state index contributed by atoms with van der Waals surface area (Å²) < 4.78 is 6.69. The van der Waals surface area contributed by atoms with E-state index in [0.29, 0.717) is 43.2 Å². The fraction of sp³-hybridized carbons (Fsp3) is 0.238. The molecule has 4 aromatic rings. The van der Waals surface area contributed by atoms with E-state index in [-0.39, 0.29) is 17.5 Å². The summed E-state index contributed by atoms with van der Waals surface area (Å²) in [5.41, 5.74) is 6.57. The first-order chi connectivity index (χ1) is 14.5. The van der Waals surface area contributed by atoms with Crippen molar-refractivity contribution in [3.05, 3.63) is 66.1 Å². The lowest BCUT2D eigenvalue weighted by Gasteiger charge is -2.38. The SMILES string of the molecule is Nc1nc(C(=O)N2CCC(O)(c3ccccc3)CC2)cc2nc(-c3ccco3)nn12. The van der Waals surface area contributed by atoms with Crippen molar-refractivity contribution in [2.45, 2.75) is 18.4 Å². The van der Waals surface area contributed by atoms with Gasteiger partial charge in [-0.3, -0.25) is 4.79 Å². The number of likely N-dealkylation sites (tertiary alicyclic amines) is 1. The van der Waals surface area contributed by atoms with Gasteiger partial charge in [-0.05, 0) is 30.5 Å². The van der Waals surface area contributed by atoms with Gasteiger partial charge in [-0.15, -0.1) is 5.10 Å². The molecule has 1 aliphatic heterocycles. The third-order valence-electron chi connectivity index (χ3n) is 5.50. The number of amides is 1. The van der Waals surface area contributed by atoms with Gasteiger partial charge >= 0.3 is 0 Å². The first-order valence-corrected chi connectivity index (χ1v) is 9.68. The molecule has 5 rings (SSSR count). The molecule has 1 fully saturated rings. The van der Waals surface area contributed by atoms with Gasteiger partial charge in [0, 0.05) is 19.2 Å². The lowest BCUT2D eigenvalue weighted by Crippen LogP contribution is -2.45. The molecule has 4 heterocycles. The zero-order chi connectivity index (χ0) is 20.7. The van der Waals surface area contributed by atoms with Crippen molar-refractivity contribution in [3.63, 3.8) is 0 Å². The van der Waals surface area contributed by atoms with E-state index >= 15 is 0 Å². The van der Waals surface area contributed by atoms with Crippen molar-refractivity contribution >= 4 is 17.5 Å². The van der Waals surface area contributed by atoms with Gasteiger partial charge < -0.3 is 20.2 Å². The topological polar surface area (TPSA) is 123 Å². The lowest BCUT2D eigenvalue weighted by molar-refractivity contribution is -0.0212. The van der Waals surface area contributed by atoms with Crippen LogP contribution in [0.15, 0.2) is 59.2 Å². The molecule has 9 nitrogen and oxygen atoms in total. The number of rotatable bonds is 3. The van der Waals surface area contributed by atoms with E-state index in [1.165, 1.54) is 10.8 Å². The molecule has 9 heteroatoms. The van der Waals surface area contributed by atoms with E-state index < -0.39 is 5.60 Å². The molecule has 3 aromatic heterocycles. The van der Waals surface area contributed by atoms with Crippen molar-refractivity contribution in [2.75, 3.05) is 18.8 Å². The summed E-state index contributed by atoms with van der Waals surface area (Å²) in [6.45, 7) is 0.836. The fourth-order valence-electron chi connectivity index (χ4n) is 3.81. The molecule has 1 amide bonds. The average molecular weight is 404 g/mol. The maximum atomic E-state index is 13.0. The Morgan fingerprint density at radius 3 is 2.57 bits per heavy atom. The summed E-state index contributed by atoms with van der Waals surface area (Å²) in [6, 6.07) is 14.6. The number of aliphatic hydroxyl groups is 1. The summed E-state index contributed by atoms with van der Waals surface area (Å²) in [5.74, 6) is 0.687. The van der Waals surface area contributed by atoms with E-state index in [1.54, 1.807) is 23.1 Å². The minimum absolute atomic E-state index is 0.0685. The van der Waals surface area contributed by atoms with Crippen LogP contribution in [0.4, 0.5) is 5.95 Å². The van der Waals surface area contributed by atoms with Gasteiger partial charge in [-0.2, -0.15) is 4.52 Å². The Morgan fingerprint density at radius 2 is 1.87 bits per heavy atom. The third kappa shape index (κ3) is 3.09. The minimum atomic E-state index is -0.931. The highest BCUT2D eigenvalue weighted by Crippen LogP contribution is 2.33. The predicted molar refractivity (Wildman–Crippen MR) is 108 cm³/mol. The molecule has 0 unspecified atom stereocenters. The number of aromatic nitrogens is 4. The van der Waals surface area contributed by atoms with Crippen LogP contribution < -0.4 is 5.73 Å². The molecule has 0 atom stereocenters. The minimum Gasteiger partial charge on any atom is -0.461 e. The van der Waals surface area contributed by atoms with Crippen molar-refractivity contribution in [3.8, 4) is 11.6 Å². The third-order valence-corrected chi connectivity index (χ3v) is 5.50. The zero-order valence-corrected chi connectivity index (χ0v) is 16.1. The van der Waals surface area contributed by atoms with Crippen molar-refractivity contribution < 1.29 is 14.3 Å². The lowest BCUT2D eigenvalue weighted by atomic mass is 9.84. The Kier molecular flexibility index (Phi) is 4.25. The maximum Gasteiger partial charge on any atom is 0.272 e. The van der Waals surface area contributed by atoms with Crippen LogP contribution in [0.25, 0.3) is 17.2 Å². The van der Waals surface area contributed by atoms with Crippen LogP contribution in [0.1, 0.15) is 28.9 Å². The Hall–Kier alpha value is -3.72. The summed E-state index contributed by atoms with van der Waals surface area (Å²) in [7, 11) is 0. The van der Waals surface area contributed by atoms with Crippen LogP contribution in [-0.4, -0.2) is 48.6 Å². The van der Waals surface area contributed by atoms with Crippen LogP contribution in [0, 0.1) is 0 Å². The second kappa shape index (κ2) is 6.96. The van der Waals surface area contributed by atoms with Gasteiger partial charge in [-0.1, -0.05) is 30.3 Å². The zero-order valence-electron chi connectivity index (χ0n) is 16.1. The number of anilines is 1. The molecule has 1 saturated heterocycles.